The van der Waals surface area contributed by atoms with E-state index in [1.807, 2.05) is 0 Å². The number of phenols is 2. The van der Waals surface area contributed by atoms with Gasteiger partial charge in [-0.25, -0.2) is 4.79 Å². The minimum atomic E-state index is -1.32. The smallest absolute Gasteiger partial charge is 0.326 e. The lowest BCUT2D eigenvalue weighted by Crippen LogP contribution is -2.58. The first-order chi connectivity index (χ1) is 18.9. The van der Waals surface area contributed by atoms with Crippen LogP contribution in [0.5, 0.6) is 11.5 Å². The average Bonchev–Trinajstić information content (AvgIpc) is 3.40. The Kier molecular flexibility index (Phi) is 10.0. The van der Waals surface area contributed by atoms with Crippen LogP contribution in [0.15, 0.2) is 48.5 Å². The number of nitrogens with one attached hydrogen (secondary N) is 2. The summed E-state index contributed by atoms with van der Waals surface area (Å²) in [5.41, 5.74) is 12.0. The van der Waals surface area contributed by atoms with E-state index in [4.69, 9.17) is 11.5 Å². The van der Waals surface area contributed by atoms with Gasteiger partial charge in [-0.15, -0.1) is 0 Å². The number of likely N-dealkylation sites (tertiary alicyclic amines) is 1. The molecule has 1 aliphatic rings. The molecular weight excluding hydrogens is 522 g/mol. The van der Waals surface area contributed by atoms with Gasteiger partial charge in [-0.3, -0.25) is 19.2 Å². The summed E-state index contributed by atoms with van der Waals surface area (Å²) < 4.78 is 0. The van der Waals surface area contributed by atoms with Crippen LogP contribution in [0, 0.1) is 0 Å². The predicted molar refractivity (Wildman–Crippen MR) is 142 cm³/mol. The molecule has 13 nitrogen and oxygen atoms in total. The molecule has 0 saturated carbocycles. The molecule has 214 valence electrons. The van der Waals surface area contributed by atoms with Gasteiger partial charge < -0.3 is 42.3 Å². The molecule has 2 aromatic carbocycles. The van der Waals surface area contributed by atoms with E-state index in [1.165, 1.54) is 29.2 Å². The summed E-state index contributed by atoms with van der Waals surface area (Å²) in [6.45, 7) is 0.202. The number of amides is 4. The maximum Gasteiger partial charge on any atom is 0.326 e. The molecule has 1 fully saturated rings. The molecule has 4 amide bonds. The first-order valence-electron chi connectivity index (χ1n) is 12.7. The lowest BCUT2D eigenvalue weighted by atomic mass is 10.0. The Morgan fingerprint density at radius 2 is 1.35 bits per heavy atom. The van der Waals surface area contributed by atoms with Gasteiger partial charge in [0.2, 0.25) is 23.6 Å². The summed E-state index contributed by atoms with van der Waals surface area (Å²) in [4.78, 5) is 64.0. The lowest BCUT2D eigenvalue weighted by molar-refractivity contribution is -0.149. The quantitative estimate of drug-likeness (QED) is 0.172. The zero-order valence-corrected chi connectivity index (χ0v) is 21.7. The number of aromatic hydroxyl groups is 2. The summed E-state index contributed by atoms with van der Waals surface area (Å²) in [5, 5.41) is 33.9. The standard InChI is InChI=1S/C27H33N5O8/c28-19(14-23(29)35)24(36)30-20(12-15-3-7-17(33)8-4-15)25(37)31-21(13-16-5-9-18(34)10-6-16)26(38)32-11-1-2-22(32)27(39)40/h3-10,19-22,33-34H,1-2,11-14,28H2,(H2,29,35)(H,30,36)(H,31,37)(H,39,40)/t19-,20+,21+,22-/m1/s1. The van der Waals surface area contributed by atoms with Gasteiger partial charge in [-0.1, -0.05) is 24.3 Å². The van der Waals surface area contributed by atoms with Crippen molar-refractivity contribution in [1.82, 2.24) is 15.5 Å². The molecule has 4 atom stereocenters. The highest BCUT2D eigenvalue weighted by Gasteiger charge is 2.38. The Morgan fingerprint density at radius 3 is 1.85 bits per heavy atom. The highest BCUT2D eigenvalue weighted by molar-refractivity contribution is 5.95. The second kappa shape index (κ2) is 13.4. The fourth-order valence-electron chi connectivity index (χ4n) is 4.49. The highest BCUT2D eigenvalue weighted by Crippen LogP contribution is 2.21. The number of carbonyl (C=O) groups is 5. The first-order valence-corrected chi connectivity index (χ1v) is 12.7. The molecule has 40 heavy (non-hydrogen) atoms. The van der Waals surface area contributed by atoms with E-state index in [1.54, 1.807) is 24.3 Å². The molecular formula is C27H33N5O8. The van der Waals surface area contributed by atoms with Crippen LogP contribution in [0.4, 0.5) is 0 Å². The molecule has 0 bridgehead atoms. The van der Waals surface area contributed by atoms with E-state index in [2.05, 4.69) is 10.6 Å². The number of carboxylic acids is 1. The maximum absolute atomic E-state index is 13.5. The number of nitrogens with two attached hydrogens (primary N) is 2. The van der Waals surface area contributed by atoms with Gasteiger partial charge in [0.1, 0.15) is 29.6 Å². The van der Waals surface area contributed by atoms with Crippen molar-refractivity contribution < 1.29 is 39.3 Å². The third kappa shape index (κ3) is 8.17. The van der Waals surface area contributed by atoms with Gasteiger partial charge in [0, 0.05) is 19.4 Å². The fourth-order valence-corrected chi connectivity index (χ4v) is 4.49. The predicted octanol–water partition coefficient (Wildman–Crippen LogP) is -0.869. The normalized spacial score (nSPS) is 16.9. The van der Waals surface area contributed by atoms with E-state index in [0.717, 1.165) is 0 Å². The molecule has 1 heterocycles. The van der Waals surface area contributed by atoms with Gasteiger partial charge in [0.05, 0.1) is 12.5 Å². The van der Waals surface area contributed by atoms with Gasteiger partial charge >= 0.3 is 5.97 Å². The third-order valence-corrected chi connectivity index (χ3v) is 6.58. The summed E-state index contributed by atoms with van der Waals surface area (Å²) in [6.07, 6.45) is 0.239. The van der Waals surface area contributed by atoms with Gasteiger partial charge in [-0.05, 0) is 48.2 Å². The molecule has 0 radical (unpaired) electrons. The zero-order valence-electron chi connectivity index (χ0n) is 21.7. The van der Waals surface area contributed by atoms with Crippen molar-refractivity contribution in [3.63, 3.8) is 0 Å². The molecule has 0 spiro atoms. The van der Waals surface area contributed by atoms with Crippen molar-refractivity contribution in [3.05, 3.63) is 59.7 Å². The molecule has 1 aliphatic heterocycles. The van der Waals surface area contributed by atoms with Crippen LogP contribution < -0.4 is 22.1 Å². The Morgan fingerprint density at radius 1 is 0.850 bits per heavy atom. The molecule has 13 heteroatoms. The number of carboxylic acid groups (broad SMARTS) is 1. The average molecular weight is 556 g/mol. The number of rotatable bonds is 12. The van der Waals surface area contributed by atoms with Crippen molar-refractivity contribution in [2.24, 2.45) is 11.5 Å². The lowest BCUT2D eigenvalue weighted by Gasteiger charge is -2.29. The maximum atomic E-state index is 13.5. The van der Waals surface area contributed by atoms with Crippen LogP contribution in [0.2, 0.25) is 0 Å². The molecule has 3 rings (SSSR count). The van der Waals surface area contributed by atoms with E-state index in [9.17, 15) is 39.3 Å². The second-order valence-electron chi connectivity index (χ2n) is 9.67. The van der Waals surface area contributed by atoms with Crippen LogP contribution >= 0.6 is 0 Å². The number of hydrogen-bond donors (Lipinski definition) is 7. The minimum absolute atomic E-state index is 0.00424. The van der Waals surface area contributed by atoms with Crippen molar-refractivity contribution in [2.75, 3.05) is 6.54 Å². The highest BCUT2D eigenvalue weighted by atomic mass is 16.4. The van der Waals surface area contributed by atoms with Crippen molar-refractivity contribution in [3.8, 4) is 11.5 Å². The molecule has 1 saturated heterocycles. The largest absolute Gasteiger partial charge is 0.508 e. The number of benzene rings is 2. The zero-order chi connectivity index (χ0) is 29.4. The van der Waals surface area contributed by atoms with Crippen LogP contribution in [0.3, 0.4) is 0 Å². The minimum Gasteiger partial charge on any atom is -0.508 e. The van der Waals surface area contributed by atoms with Gasteiger partial charge in [0.15, 0.2) is 0 Å². The topological polar surface area (TPSA) is 225 Å². The molecule has 0 aromatic heterocycles. The summed E-state index contributed by atoms with van der Waals surface area (Å²) >= 11 is 0. The SMILES string of the molecule is NC(=O)C[C@@H](N)C(=O)N[C@@H](Cc1ccc(O)cc1)C(=O)N[C@@H](Cc1ccc(O)cc1)C(=O)N1CCC[C@@H]1C(=O)O. The van der Waals surface area contributed by atoms with Crippen molar-refractivity contribution in [2.45, 2.75) is 56.3 Å². The number of phenolic OH excluding ortho intramolecular Hbond substituents is 2. The van der Waals surface area contributed by atoms with Crippen LogP contribution in [0.1, 0.15) is 30.4 Å². The van der Waals surface area contributed by atoms with Gasteiger partial charge in [-0.2, -0.15) is 0 Å². The first kappa shape index (κ1) is 29.9. The Hall–Kier alpha value is -4.65. The van der Waals surface area contributed by atoms with Crippen LogP contribution in [-0.2, 0) is 36.8 Å². The molecule has 0 unspecified atom stereocenters. The monoisotopic (exact) mass is 555 g/mol. The summed E-state index contributed by atoms with van der Waals surface area (Å²) in [5.74, 6) is -4.13. The fraction of sp³-hybridized carbons (Fsp3) is 0.370. The number of nitrogens with zero attached hydrogens (tertiary/aromatic N) is 1. The Balaban J connectivity index is 1.88. The summed E-state index contributed by atoms with van der Waals surface area (Å²) in [6, 6.07) is 7.08. The Bertz CT molecular complexity index is 1230. The number of hydrogen-bond acceptors (Lipinski definition) is 8. The molecule has 9 N–H and O–H groups in total. The van der Waals surface area contributed by atoms with Crippen LogP contribution in [0.25, 0.3) is 0 Å². The van der Waals surface area contributed by atoms with Crippen LogP contribution in [-0.4, -0.2) is 80.5 Å². The van der Waals surface area contributed by atoms with E-state index >= 15 is 0 Å². The number of primary amides is 1. The van der Waals surface area contributed by atoms with Gasteiger partial charge in [0.25, 0.3) is 0 Å². The number of carbonyl (C=O) groups excluding carboxylic acids is 4. The van der Waals surface area contributed by atoms with E-state index in [0.29, 0.717) is 17.5 Å². The molecule has 0 aliphatic carbocycles. The van der Waals surface area contributed by atoms with E-state index < -0.39 is 60.2 Å². The van der Waals surface area contributed by atoms with E-state index in [-0.39, 0.29) is 37.3 Å². The second-order valence-corrected chi connectivity index (χ2v) is 9.67. The third-order valence-electron chi connectivity index (χ3n) is 6.58. The van der Waals surface area contributed by atoms with Crippen molar-refractivity contribution in [1.29, 1.82) is 0 Å². The summed E-state index contributed by atoms with van der Waals surface area (Å²) in [7, 11) is 0. The molecule has 2 aromatic rings. The number of aliphatic carboxylic acids is 1. The Labute approximate surface area is 230 Å². The van der Waals surface area contributed by atoms with Crippen molar-refractivity contribution >= 4 is 29.6 Å².